The standard InChI is InChI=1S/C7H6N2O/c1-2-7(10)6-3-8-5-9-4-6/h2-5H,1H2. The van der Waals surface area contributed by atoms with E-state index in [1.807, 2.05) is 0 Å². The van der Waals surface area contributed by atoms with Crippen LogP contribution in [0.2, 0.25) is 0 Å². The number of aromatic nitrogens is 2. The summed E-state index contributed by atoms with van der Waals surface area (Å²) in [5.74, 6) is -0.152. The average molecular weight is 134 g/mol. The first-order valence-corrected chi connectivity index (χ1v) is 2.76. The summed E-state index contributed by atoms with van der Waals surface area (Å²) in [6, 6.07) is 0. The molecule has 3 nitrogen and oxygen atoms in total. The average Bonchev–Trinajstić information content (AvgIpc) is 2.05. The van der Waals surface area contributed by atoms with Gasteiger partial charge in [-0.25, -0.2) is 9.97 Å². The van der Waals surface area contributed by atoms with Crippen molar-refractivity contribution in [3.05, 3.63) is 36.9 Å². The second-order valence-electron chi connectivity index (χ2n) is 1.70. The fourth-order valence-electron chi connectivity index (χ4n) is 0.544. The molecule has 0 bridgehead atoms. The van der Waals surface area contributed by atoms with E-state index in [0.717, 1.165) is 0 Å². The van der Waals surface area contributed by atoms with Crippen LogP contribution in [0.15, 0.2) is 31.4 Å². The molecule has 1 rings (SSSR count). The minimum Gasteiger partial charge on any atom is -0.289 e. The summed E-state index contributed by atoms with van der Waals surface area (Å²) in [6.45, 7) is 3.33. The van der Waals surface area contributed by atoms with E-state index >= 15 is 0 Å². The summed E-state index contributed by atoms with van der Waals surface area (Å²) in [7, 11) is 0. The molecule has 0 saturated carbocycles. The first-order valence-electron chi connectivity index (χ1n) is 2.76. The Labute approximate surface area is 58.4 Å². The lowest BCUT2D eigenvalue weighted by atomic mass is 10.2. The first-order chi connectivity index (χ1) is 4.84. The molecule has 0 atom stereocenters. The number of rotatable bonds is 2. The number of carbonyl (C=O) groups excluding carboxylic acids is 1. The Hall–Kier alpha value is -1.51. The zero-order valence-corrected chi connectivity index (χ0v) is 5.32. The van der Waals surface area contributed by atoms with Crippen molar-refractivity contribution in [3.63, 3.8) is 0 Å². The maximum atomic E-state index is 10.8. The predicted octanol–water partition coefficient (Wildman–Crippen LogP) is 0.845. The predicted molar refractivity (Wildman–Crippen MR) is 36.6 cm³/mol. The van der Waals surface area contributed by atoms with Crippen LogP contribution in [0, 0.1) is 0 Å². The molecular weight excluding hydrogens is 128 g/mol. The Morgan fingerprint density at radius 2 is 2.10 bits per heavy atom. The Morgan fingerprint density at radius 3 is 2.60 bits per heavy atom. The van der Waals surface area contributed by atoms with Gasteiger partial charge in [0.15, 0.2) is 5.78 Å². The Morgan fingerprint density at radius 1 is 1.50 bits per heavy atom. The quantitative estimate of drug-likeness (QED) is 0.444. The van der Waals surface area contributed by atoms with Crippen LogP contribution < -0.4 is 0 Å². The van der Waals surface area contributed by atoms with Crippen LogP contribution in [0.1, 0.15) is 10.4 Å². The molecule has 0 aliphatic carbocycles. The van der Waals surface area contributed by atoms with E-state index in [1.165, 1.54) is 24.8 Å². The van der Waals surface area contributed by atoms with Crippen LogP contribution in [0.3, 0.4) is 0 Å². The number of nitrogens with zero attached hydrogens (tertiary/aromatic N) is 2. The largest absolute Gasteiger partial charge is 0.289 e. The fraction of sp³-hybridized carbons (Fsp3) is 0. The van der Waals surface area contributed by atoms with Crippen molar-refractivity contribution in [2.75, 3.05) is 0 Å². The molecule has 0 fully saturated rings. The third-order valence-corrected chi connectivity index (χ3v) is 1.03. The number of hydrogen-bond acceptors (Lipinski definition) is 3. The summed E-state index contributed by atoms with van der Waals surface area (Å²) in [4.78, 5) is 18.2. The highest BCUT2D eigenvalue weighted by Gasteiger charge is 1.97. The highest BCUT2D eigenvalue weighted by atomic mass is 16.1. The number of ketones is 1. The van der Waals surface area contributed by atoms with Crippen LogP contribution in [0.25, 0.3) is 0 Å². The Kier molecular flexibility index (Phi) is 1.89. The summed E-state index contributed by atoms with van der Waals surface area (Å²) >= 11 is 0. The summed E-state index contributed by atoms with van der Waals surface area (Å²) in [6.07, 6.45) is 5.52. The number of allylic oxidation sites excluding steroid dienone is 1. The van der Waals surface area contributed by atoms with Gasteiger partial charge in [-0.1, -0.05) is 6.58 Å². The van der Waals surface area contributed by atoms with Gasteiger partial charge < -0.3 is 0 Å². The van der Waals surface area contributed by atoms with Gasteiger partial charge in [0.2, 0.25) is 0 Å². The summed E-state index contributed by atoms with van der Waals surface area (Å²) < 4.78 is 0. The molecule has 1 aromatic rings. The zero-order chi connectivity index (χ0) is 7.40. The van der Waals surface area contributed by atoms with Crippen LogP contribution in [-0.2, 0) is 0 Å². The third kappa shape index (κ3) is 1.25. The summed E-state index contributed by atoms with van der Waals surface area (Å²) in [5.41, 5.74) is 0.470. The third-order valence-electron chi connectivity index (χ3n) is 1.03. The number of carbonyl (C=O) groups is 1. The molecule has 0 radical (unpaired) electrons. The van der Waals surface area contributed by atoms with E-state index in [-0.39, 0.29) is 5.78 Å². The van der Waals surface area contributed by atoms with Crippen LogP contribution >= 0.6 is 0 Å². The van der Waals surface area contributed by atoms with Gasteiger partial charge in [-0.2, -0.15) is 0 Å². The topological polar surface area (TPSA) is 42.9 Å². The molecule has 1 aromatic heterocycles. The minimum atomic E-state index is -0.152. The molecular formula is C7H6N2O. The van der Waals surface area contributed by atoms with E-state index in [2.05, 4.69) is 16.5 Å². The monoisotopic (exact) mass is 134 g/mol. The van der Waals surface area contributed by atoms with Gasteiger partial charge in [0.1, 0.15) is 6.33 Å². The molecule has 0 saturated heterocycles. The molecule has 1 heterocycles. The smallest absolute Gasteiger partial charge is 0.188 e. The van der Waals surface area contributed by atoms with Gasteiger partial charge in [0.25, 0.3) is 0 Å². The molecule has 3 heteroatoms. The minimum absolute atomic E-state index is 0.152. The molecule has 0 spiro atoms. The SMILES string of the molecule is C=CC(=O)c1cncnc1. The molecule has 0 aliphatic heterocycles. The molecule has 0 aliphatic rings. The molecule has 0 aromatic carbocycles. The highest BCUT2D eigenvalue weighted by Crippen LogP contribution is 1.94. The van der Waals surface area contributed by atoms with Gasteiger partial charge in [-0.15, -0.1) is 0 Å². The van der Waals surface area contributed by atoms with E-state index in [4.69, 9.17) is 0 Å². The Bertz CT molecular complexity index is 243. The second-order valence-corrected chi connectivity index (χ2v) is 1.70. The van der Waals surface area contributed by atoms with Gasteiger partial charge in [0, 0.05) is 12.4 Å². The zero-order valence-electron chi connectivity index (χ0n) is 5.32. The van der Waals surface area contributed by atoms with Crippen molar-refractivity contribution < 1.29 is 4.79 Å². The first kappa shape index (κ1) is 6.61. The van der Waals surface area contributed by atoms with Gasteiger partial charge in [0.05, 0.1) is 5.56 Å². The maximum absolute atomic E-state index is 10.8. The van der Waals surface area contributed by atoms with Gasteiger partial charge >= 0.3 is 0 Å². The van der Waals surface area contributed by atoms with Crippen molar-refractivity contribution in [2.24, 2.45) is 0 Å². The van der Waals surface area contributed by atoms with E-state index < -0.39 is 0 Å². The fourth-order valence-corrected chi connectivity index (χ4v) is 0.544. The molecule has 50 valence electrons. The van der Waals surface area contributed by atoms with Crippen molar-refractivity contribution in [1.29, 1.82) is 0 Å². The van der Waals surface area contributed by atoms with Crippen LogP contribution in [0.5, 0.6) is 0 Å². The maximum Gasteiger partial charge on any atom is 0.188 e. The van der Waals surface area contributed by atoms with Gasteiger partial charge in [-0.3, -0.25) is 4.79 Å². The van der Waals surface area contributed by atoms with Crippen molar-refractivity contribution in [1.82, 2.24) is 9.97 Å². The van der Waals surface area contributed by atoms with E-state index in [0.29, 0.717) is 5.56 Å². The van der Waals surface area contributed by atoms with E-state index in [9.17, 15) is 4.79 Å². The second kappa shape index (κ2) is 2.87. The summed E-state index contributed by atoms with van der Waals surface area (Å²) in [5, 5.41) is 0. The van der Waals surface area contributed by atoms with E-state index in [1.54, 1.807) is 0 Å². The van der Waals surface area contributed by atoms with Gasteiger partial charge in [-0.05, 0) is 6.08 Å². The molecule has 0 N–H and O–H groups in total. The highest BCUT2D eigenvalue weighted by molar-refractivity contribution is 6.03. The lowest BCUT2D eigenvalue weighted by Gasteiger charge is -1.89. The lowest BCUT2D eigenvalue weighted by molar-refractivity contribution is 0.104. The lowest BCUT2D eigenvalue weighted by Crippen LogP contribution is -1.94. The number of hydrogen-bond donors (Lipinski definition) is 0. The molecule has 10 heavy (non-hydrogen) atoms. The normalized spacial score (nSPS) is 8.80. The Balaban J connectivity index is 2.95. The van der Waals surface area contributed by atoms with Crippen LogP contribution in [-0.4, -0.2) is 15.8 Å². The molecule has 0 unspecified atom stereocenters. The van der Waals surface area contributed by atoms with Crippen molar-refractivity contribution >= 4 is 5.78 Å². The van der Waals surface area contributed by atoms with Crippen molar-refractivity contribution in [2.45, 2.75) is 0 Å². The van der Waals surface area contributed by atoms with Crippen LogP contribution in [0.4, 0.5) is 0 Å². The molecule has 0 amide bonds. The van der Waals surface area contributed by atoms with Crippen molar-refractivity contribution in [3.8, 4) is 0 Å².